The van der Waals surface area contributed by atoms with E-state index in [0.29, 0.717) is 0 Å². The molecule has 0 saturated carbocycles. The highest BCUT2D eigenvalue weighted by Crippen LogP contribution is 2.37. The second kappa shape index (κ2) is 2.84. The monoisotopic (exact) mass is 227 g/mol. The molecule has 88 valence electrons. The summed E-state index contributed by atoms with van der Waals surface area (Å²) in [5.74, 6) is -14.4. The largest absolute Gasteiger partial charge is 0.367 e. The second-order valence-corrected chi connectivity index (χ2v) is 3.09. The van der Waals surface area contributed by atoms with Gasteiger partial charge in [0.25, 0.3) is 11.6 Å². The summed E-state index contributed by atoms with van der Waals surface area (Å²) in [6, 6.07) is 0. The Balaban J connectivity index is 3.34. The highest BCUT2D eigenvalue weighted by atomic mass is 16.7. The van der Waals surface area contributed by atoms with Crippen LogP contribution in [0.25, 0.3) is 0 Å². The first kappa shape index (κ1) is 12.2. The van der Waals surface area contributed by atoms with Gasteiger partial charge in [-0.15, -0.1) is 0 Å². The van der Waals surface area contributed by atoms with Gasteiger partial charge in [0.2, 0.25) is 6.23 Å². The molecule has 0 aliphatic carbocycles. The van der Waals surface area contributed by atoms with E-state index in [-0.39, 0.29) is 0 Å². The SMILES string of the molecule is O=C1N(O)C(O)C(O)(O)C(O)(O)C1(O)O. The van der Waals surface area contributed by atoms with Gasteiger partial charge in [-0.25, -0.2) is 0 Å². The minimum absolute atomic E-state index is 0.856. The van der Waals surface area contributed by atoms with Gasteiger partial charge in [-0.1, -0.05) is 0 Å². The highest BCUT2D eigenvalue weighted by Gasteiger charge is 2.74. The number of piperidine rings is 1. The fourth-order valence-corrected chi connectivity index (χ4v) is 1.03. The first-order valence-electron chi connectivity index (χ1n) is 3.52. The van der Waals surface area contributed by atoms with Gasteiger partial charge in [-0.2, -0.15) is 5.06 Å². The Morgan fingerprint density at radius 3 is 1.87 bits per heavy atom. The van der Waals surface area contributed by atoms with Crippen LogP contribution in [0.4, 0.5) is 0 Å². The summed E-state index contributed by atoms with van der Waals surface area (Å²) in [6.07, 6.45) is -2.87. The summed E-state index contributed by atoms with van der Waals surface area (Å²) < 4.78 is 0. The third-order valence-corrected chi connectivity index (χ3v) is 2.10. The number of hydrogen-bond donors (Lipinski definition) is 8. The van der Waals surface area contributed by atoms with Crippen molar-refractivity contribution in [3.8, 4) is 0 Å². The summed E-state index contributed by atoms with van der Waals surface area (Å²) in [7, 11) is 0. The Labute approximate surface area is 81.4 Å². The number of aliphatic hydroxyl groups excluding tert-OH is 1. The van der Waals surface area contributed by atoms with Crippen molar-refractivity contribution in [1.29, 1.82) is 0 Å². The molecule has 0 spiro atoms. The minimum Gasteiger partial charge on any atom is -0.367 e. The second-order valence-electron chi connectivity index (χ2n) is 3.09. The van der Waals surface area contributed by atoms with Crippen LogP contribution in [0.3, 0.4) is 0 Å². The van der Waals surface area contributed by atoms with Gasteiger partial charge in [0.15, 0.2) is 0 Å². The number of rotatable bonds is 0. The van der Waals surface area contributed by atoms with Crippen molar-refractivity contribution in [2.24, 2.45) is 0 Å². The van der Waals surface area contributed by atoms with E-state index < -0.39 is 34.6 Å². The lowest BCUT2D eigenvalue weighted by Gasteiger charge is -2.49. The topological polar surface area (TPSA) is 182 Å². The van der Waals surface area contributed by atoms with Gasteiger partial charge < -0.3 is 35.7 Å². The van der Waals surface area contributed by atoms with Crippen molar-refractivity contribution in [2.75, 3.05) is 0 Å². The molecule has 0 aromatic heterocycles. The molecule has 0 aromatic rings. The van der Waals surface area contributed by atoms with Gasteiger partial charge in [-0.3, -0.25) is 10.0 Å². The van der Waals surface area contributed by atoms with E-state index in [4.69, 9.17) is 41.0 Å². The average Bonchev–Trinajstić information content (AvgIpc) is 2.12. The van der Waals surface area contributed by atoms with E-state index in [0.717, 1.165) is 0 Å². The van der Waals surface area contributed by atoms with Gasteiger partial charge in [-0.05, 0) is 0 Å². The van der Waals surface area contributed by atoms with Gasteiger partial charge in [0, 0.05) is 0 Å². The van der Waals surface area contributed by atoms with Crippen LogP contribution in [0.15, 0.2) is 0 Å². The maximum atomic E-state index is 10.8. The molecular weight excluding hydrogens is 218 g/mol. The summed E-state index contributed by atoms with van der Waals surface area (Å²) in [4.78, 5) is 10.8. The number of carbonyl (C=O) groups is 1. The van der Waals surface area contributed by atoms with Crippen molar-refractivity contribution in [3.05, 3.63) is 0 Å². The van der Waals surface area contributed by atoms with Crippen molar-refractivity contribution in [2.45, 2.75) is 23.6 Å². The van der Waals surface area contributed by atoms with Crippen molar-refractivity contribution >= 4 is 5.91 Å². The first-order chi connectivity index (χ1) is 6.48. The molecule has 1 atom stereocenters. The Morgan fingerprint density at radius 1 is 1.07 bits per heavy atom. The zero-order chi connectivity index (χ0) is 12.2. The number of amides is 1. The van der Waals surface area contributed by atoms with E-state index in [1.165, 1.54) is 0 Å². The zero-order valence-corrected chi connectivity index (χ0v) is 7.01. The maximum absolute atomic E-state index is 10.8. The zero-order valence-electron chi connectivity index (χ0n) is 7.01. The molecule has 10 nitrogen and oxygen atoms in total. The molecule has 1 unspecified atom stereocenters. The summed E-state index contributed by atoms with van der Waals surface area (Å²) in [5, 5.41) is 70.2. The first-order valence-corrected chi connectivity index (χ1v) is 3.52. The quantitative estimate of drug-likeness (QED) is 0.148. The molecule has 10 heteroatoms. The van der Waals surface area contributed by atoms with Gasteiger partial charge >= 0.3 is 11.7 Å². The molecule has 0 radical (unpaired) electrons. The van der Waals surface area contributed by atoms with Gasteiger partial charge in [0.05, 0.1) is 0 Å². The van der Waals surface area contributed by atoms with Crippen molar-refractivity contribution < 1.29 is 45.7 Å². The number of carbonyl (C=O) groups excluding carboxylic acids is 1. The molecule has 0 aromatic carbocycles. The Morgan fingerprint density at radius 2 is 1.47 bits per heavy atom. The van der Waals surface area contributed by atoms with Crippen LogP contribution in [0.5, 0.6) is 0 Å². The molecule has 1 fully saturated rings. The fraction of sp³-hybridized carbons (Fsp3) is 0.800. The molecule has 1 saturated heterocycles. The molecule has 1 aliphatic rings. The predicted molar refractivity (Wildman–Crippen MR) is 36.1 cm³/mol. The normalized spacial score (nSPS) is 32.9. The molecule has 8 N–H and O–H groups in total. The van der Waals surface area contributed by atoms with Crippen LogP contribution >= 0.6 is 0 Å². The van der Waals surface area contributed by atoms with E-state index in [1.807, 2.05) is 0 Å². The predicted octanol–water partition coefficient (Wildman–Crippen LogP) is -5.42. The third kappa shape index (κ3) is 1.18. The van der Waals surface area contributed by atoms with Crippen LogP contribution in [0.2, 0.25) is 0 Å². The van der Waals surface area contributed by atoms with E-state index in [9.17, 15) is 4.79 Å². The molecule has 0 bridgehead atoms. The van der Waals surface area contributed by atoms with E-state index in [2.05, 4.69) is 0 Å². The highest BCUT2D eigenvalue weighted by molar-refractivity contribution is 5.85. The number of hydroxylamine groups is 2. The number of hydrogen-bond acceptors (Lipinski definition) is 9. The van der Waals surface area contributed by atoms with E-state index >= 15 is 0 Å². The molecule has 1 heterocycles. The lowest BCUT2D eigenvalue weighted by molar-refractivity contribution is -0.494. The Hall–Kier alpha value is -0.850. The number of aliphatic hydroxyl groups is 7. The Kier molecular flexibility index (Phi) is 2.31. The van der Waals surface area contributed by atoms with Crippen LogP contribution in [-0.4, -0.2) is 75.5 Å². The lowest BCUT2D eigenvalue weighted by atomic mass is 9.89. The third-order valence-electron chi connectivity index (χ3n) is 2.10. The van der Waals surface area contributed by atoms with Crippen molar-refractivity contribution in [3.63, 3.8) is 0 Å². The molecule has 1 aliphatic heterocycles. The Bertz CT molecular complexity index is 297. The minimum atomic E-state index is -4.18. The van der Waals surface area contributed by atoms with E-state index in [1.54, 1.807) is 0 Å². The molecular formula is C5H9NO9. The summed E-state index contributed by atoms with van der Waals surface area (Å²) in [6.45, 7) is 0. The summed E-state index contributed by atoms with van der Waals surface area (Å²) in [5.41, 5.74) is 0. The smallest absolute Gasteiger partial charge is 0.314 e. The lowest BCUT2D eigenvalue weighted by Crippen LogP contribution is -2.83. The maximum Gasteiger partial charge on any atom is 0.314 e. The molecule has 1 rings (SSSR count). The van der Waals surface area contributed by atoms with Crippen LogP contribution in [0.1, 0.15) is 0 Å². The van der Waals surface area contributed by atoms with Crippen LogP contribution < -0.4 is 0 Å². The fourth-order valence-electron chi connectivity index (χ4n) is 1.03. The molecule has 1 amide bonds. The standard InChI is InChI=1S/C5H9NO9/c7-1-3(9,10)5(13,14)4(11,12)2(8)6(1)15/h1,7,9-15H. The molecule has 15 heavy (non-hydrogen) atoms. The van der Waals surface area contributed by atoms with Crippen LogP contribution in [-0.2, 0) is 4.79 Å². The summed E-state index contributed by atoms with van der Waals surface area (Å²) >= 11 is 0. The van der Waals surface area contributed by atoms with Gasteiger partial charge in [0.1, 0.15) is 0 Å². The van der Waals surface area contributed by atoms with Crippen LogP contribution in [0, 0.1) is 0 Å². The average molecular weight is 227 g/mol. The van der Waals surface area contributed by atoms with Crippen molar-refractivity contribution in [1.82, 2.24) is 5.06 Å². The number of nitrogens with zero attached hydrogens (tertiary/aromatic N) is 1.